The number of pyridine rings is 1. The lowest BCUT2D eigenvalue weighted by Gasteiger charge is -2.09. The Bertz CT molecular complexity index is 888. The van der Waals surface area contributed by atoms with Crippen LogP contribution in [0.25, 0.3) is 0 Å². The van der Waals surface area contributed by atoms with Gasteiger partial charge in [-0.1, -0.05) is 48.9 Å². The van der Waals surface area contributed by atoms with E-state index >= 15 is 0 Å². The van der Waals surface area contributed by atoms with Gasteiger partial charge in [-0.3, -0.25) is 9.78 Å². The van der Waals surface area contributed by atoms with Gasteiger partial charge in [0.15, 0.2) is 0 Å². The number of aryl methyl sites for hydroxylation is 2. The molecule has 1 aromatic heterocycles. The van der Waals surface area contributed by atoms with Crippen molar-refractivity contribution in [3.63, 3.8) is 0 Å². The van der Waals surface area contributed by atoms with Gasteiger partial charge in [0.2, 0.25) is 0 Å². The number of nitrogens with one attached hydrogen (secondary N) is 2. The number of aromatic nitrogens is 1. The second-order valence-corrected chi connectivity index (χ2v) is 6.31. The number of hydrogen-bond donors (Lipinski definition) is 2. The molecule has 0 saturated heterocycles. The molecule has 3 rings (SSSR count). The van der Waals surface area contributed by atoms with Crippen molar-refractivity contribution in [3.05, 3.63) is 89.2 Å². The van der Waals surface area contributed by atoms with Crippen LogP contribution in [-0.4, -0.2) is 10.9 Å². The van der Waals surface area contributed by atoms with E-state index in [1.165, 1.54) is 16.7 Å². The van der Waals surface area contributed by atoms with E-state index in [1.807, 2.05) is 36.4 Å². The van der Waals surface area contributed by atoms with Gasteiger partial charge in [0.1, 0.15) is 0 Å². The first-order valence-corrected chi connectivity index (χ1v) is 8.79. The van der Waals surface area contributed by atoms with E-state index in [4.69, 9.17) is 0 Å². The van der Waals surface area contributed by atoms with Gasteiger partial charge in [-0.15, -0.1) is 0 Å². The maximum atomic E-state index is 12.5. The summed E-state index contributed by atoms with van der Waals surface area (Å²) in [5, 5.41) is 6.23. The van der Waals surface area contributed by atoms with Gasteiger partial charge in [0.05, 0.1) is 11.3 Å². The molecule has 3 aromatic rings. The average Bonchev–Trinajstić information content (AvgIpc) is 2.67. The van der Waals surface area contributed by atoms with Crippen LogP contribution < -0.4 is 10.6 Å². The number of nitrogens with zero attached hydrogens (tertiary/aromatic N) is 1. The third-order valence-electron chi connectivity index (χ3n) is 4.20. The van der Waals surface area contributed by atoms with Crippen LogP contribution in [0.2, 0.25) is 0 Å². The summed E-state index contributed by atoms with van der Waals surface area (Å²) in [4.78, 5) is 16.6. The van der Waals surface area contributed by atoms with E-state index in [-0.39, 0.29) is 5.91 Å². The third kappa shape index (κ3) is 4.70. The predicted molar refractivity (Wildman–Crippen MR) is 107 cm³/mol. The molecule has 2 aromatic carbocycles. The number of amides is 1. The number of carbonyl (C=O) groups excluding carboxylic acids is 1. The van der Waals surface area contributed by atoms with Gasteiger partial charge in [-0.25, -0.2) is 0 Å². The van der Waals surface area contributed by atoms with Gasteiger partial charge in [0, 0.05) is 24.6 Å². The van der Waals surface area contributed by atoms with E-state index in [1.54, 1.807) is 12.4 Å². The molecule has 0 bridgehead atoms. The molecule has 0 saturated carbocycles. The molecule has 26 heavy (non-hydrogen) atoms. The molecule has 4 heteroatoms. The van der Waals surface area contributed by atoms with E-state index in [2.05, 4.69) is 47.7 Å². The number of rotatable bonds is 6. The van der Waals surface area contributed by atoms with Gasteiger partial charge >= 0.3 is 0 Å². The highest BCUT2D eigenvalue weighted by Crippen LogP contribution is 2.15. The highest BCUT2D eigenvalue weighted by molar-refractivity contribution is 6.04. The van der Waals surface area contributed by atoms with Crippen molar-refractivity contribution >= 4 is 17.3 Å². The quantitative estimate of drug-likeness (QED) is 0.673. The second-order valence-electron chi connectivity index (χ2n) is 6.31. The summed E-state index contributed by atoms with van der Waals surface area (Å²) in [6, 6.07) is 18.0. The monoisotopic (exact) mass is 345 g/mol. The molecule has 0 atom stereocenters. The smallest absolute Gasteiger partial charge is 0.257 e. The minimum Gasteiger partial charge on any atom is -0.380 e. The molecule has 0 unspecified atom stereocenters. The number of anilines is 2. The summed E-state index contributed by atoms with van der Waals surface area (Å²) < 4.78 is 0. The molecule has 0 fully saturated rings. The van der Waals surface area contributed by atoms with E-state index < -0.39 is 0 Å². The maximum absolute atomic E-state index is 12.5. The molecular weight excluding hydrogens is 322 g/mol. The third-order valence-corrected chi connectivity index (χ3v) is 4.20. The summed E-state index contributed by atoms with van der Waals surface area (Å²) >= 11 is 0. The molecule has 0 spiro atoms. The Morgan fingerprint density at radius 3 is 2.50 bits per heavy atom. The molecule has 0 aliphatic rings. The zero-order valence-electron chi connectivity index (χ0n) is 15.1. The minimum atomic E-state index is -0.166. The topological polar surface area (TPSA) is 54.0 Å². The van der Waals surface area contributed by atoms with Gasteiger partial charge in [0.25, 0.3) is 5.91 Å². The molecule has 0 aliphatic carbocycles. The molecule has 0 radical (unpaired) electrons. The van der Waals surface area contributed by atoms with Crippen LogP contribution in [0.1, 0.15) is 34.0 Å². The lowest BCUT2D eigenvalue weighted by molar-refractivity contribution is 0.102. The Kier molecular flexibility index (Phi) is 5.64. The van der Waals surface area contributed by atoms with Crippen molar-refractivity contribution in [2.45, 2.75) is 26.8 Å². The molecule has 132 valence electrons. The van der Waals surface area contributed by atoms with Crippen LogP contribution in [-0.2, 0) is 13.0 Å². The molecule has 4 nitrogen and oxygen atoms in total. The van der Waals surface area contributed by atoms with E-state index in [0.717, 1.165) is 17.8 Å². The zero-order chi connectivity index (χ0) is 18.4. The summed E-state index contributed by atoms with van der Waals surface area (Å²) in [7, 11) is 0. The first-order valence-electron chi connectivity index (χ1n) is 8.79. The first kappa shape index (κ1) is 17.7. The van der Waals surface area contributed by atoms with Crippen LogP contribution in [0.5, 0.6) is 0 Å². The number of hydrogen-bond acceptors (Lipinski definition) is 3. The van der Waals surface area contributed by atoms with E-state index in [0.29, 0.717) is 12.1 Å². The molecular formula is C22H23N3O. The fourth-order valence-electron chi connectivity index (χ4n) is 2.71. The van der Waals surface area contributed by atoms with E-state index in [9.17, 15) is 4.79 Å². The molecule has 2 N–H and O–H groups in total. The molecule has 0 aliphatic heterocycles. The SMILES string of the molecule is CCc1ccc(NC(=O)c2cncc(NCc3cccc(C)c3)c2)cc1. The first-order chi connectivity index (χ1) is 12.6. The summed E-state index contributed by atoms with van der Waals surface area (Å²) in [5.74, 6) is -0.166. The van der Waals surface area contributed by atoms with Crippen LogP contribution in [0, 0.1) is 6.92 Å². The average molecular weight is 345 g/mol. The molecule has 1 heterocycles. The zero-order valence-corrected chi connectivity index (χ0v) is 15.1. The fourth-order valence-corrected chi connectivity index (χ4v) is 2.71. The standard InChI is InChI=1S/C22H23N3O/c1-3-17-7-9-20(10-8-17)25-22(26)19-12-21(15-23-14-19)24-13-18-6-4-5-16(2)11-18/h4-12,14-15,24H,3,13H2,1-2H3,(H,25,26). The highest BCUT2D eigenvalue weighted by atomic mass is 16.1. The van der Waals surface area contributed by atoms with Crippen molar-refractivity contribution in [1.29, 1.82) is 0 Å². The van der Waals surface area contributed by atoms with Gasteiger partial charge in [-0.2, -0.15) is 0 Å². The Morgan fingerprint density at radius 2 is 1.77 bits per heavy atom. The van der Waals surface area contributed by atoms with Crippen LogP contribution in [0.4, 0.5) is 11.4 Å². The lowest BCUT2D eigenvalue weighted by Crippen LogP contribution is -2.12. The Hall–Kier alpha value is -3.14. The molecule has 1 amide bonds. The highest BCUT2D eigenvalue weighted by Gasteiger charge is 2.08. The Labute approximate surface area is 154 Å². The maximum Gasteiger partial charge on any atom is 0.257 e. The largest absolute Gasteiger partial charge is 0.380 e. The van der Waals surface area contributed by atoms with Crippen LogP contribution >= 0.6 is 0 Å². The fraction of sp³-hybridized carbons (Fsp3) is 0.182. The normalized spacial score (nSPS) is 10.4. The lowest BCUT2D eigenvalue weighted by atomic mass is 10.1. The van der Waals surface area contributed by atoms with Gasteiger partial charge < -0.3 is 10.6 Å². The Balaban J connectivity index is 1.64. The van der Waals surface area contributed by atoms with Crippen molar-refractivity contribution in [2.24, 2.45) is 0 Å². The van der Waals surface area contributed by atoms with Crippen molar-refractivity contribution in [3.8, 4) is 0 Å². The van der Waals surface area contributed by atoms with Crippen molar-refractivity contribution in [1.82, 2.24) is 4.98 Å². The van der Waals surface area contributed by atoms with Gasteiger partial charge in [-0.05, 0) is 42.7 Å². The van der Waals surface area contributed by atoms with Crippen molar-refractivity contribution < 1.29 is 4.79 Å². The van der Waals surface area contributed by atoms with Crippen molar-refractivity contribution in [2.75, 3.05) is 10.6 Å². The summed E-state index contributed by atoms with van der Waals surface area (Å²) in [6.45, 7) is 4.87. The van der Waals surface area contributed by atoms with Crippen LogP contribution in [0.15, 0.2) is 67.0 Å². The second kappa shape index (κ2) is 8.30. The summed E-state index contributed by atoms with van der Waals surface area (Å²) in [5.41, 5.74) is 5.79. The Morgan fingerprint density at radius 1 is 0.962 bits per heavy atom. The van der Waals surface area contributed by atoms with Crippen LogP contribution in [0.3, 0.4) is 0 Å². The predicted octanol–water partition coefficient (Wildman–Crippen LogP) is 4.82. The minimum absolute atomic E-state index is 0.166. The summed E-state index contributed by atoms with van der Waals surface area (Å²) in [6.07, 6.45) is 4.28. The number of carbonyl (C=O) groups is 1. The number of benzene rings is 2.